The van der Waals surface area contributed by atoms with Crippen LogP contribution in [0.2, 0.25) is 0 Å². The molecule has 1 atom stereocenters. The molecule has 1 aromatic rings. The molecule has 1 N–H and O–H groups in total. The molecule has 0 fully saturated rings. The summed E-state index contributed by atoms with van der Waals surface area (Å²) < 4.78 is 2.27. The number of nitrogens with zero attached hydrogens (tertiary/aromatic N) is 2. The first-order valence-electron chi connectivity index (χ1n) is 5.95. The summed E-state index contributed by atoms with van der Waals surface area (Å²) in [6.07, 6.45) is 8.79. The molecule has 0 saturated carbocycles. The van der Waals surface area contributed by atoms with Crippen molar-refractivity contribution in [3.05, 3.63) is 18.2 Å². The summed E-state index contributed by atoms with van der Waals surface area (Å²) in [6.45, 7) is 5.50. The molecule has 1 aromatic heterocycles. The fourth-order valence-electron chi connectivity index (χ4n) is 1.74. The second-order valence-electron chi connectivity index (χ2n) is 4.08. The molecule has 0 spiro atoms. The van der Waals surface area contributed by atoms with Gasteiger partial charge >= 0.3 is 0 Å². The van der Waals surface area contributed by atoms with Crippen LogP contribution in [0, 0.1) is 0 Å². The number of hydrogen-bond acceptors (Lipinski definition) is 2. The predicted molar refractivity (Wildman–Crippen MR) is 64.0 cm³/mol. The summed E-state index contributed by atoms with van der Waals surface area (Å²) >= 11 is 0. The number of unbranched alkanes of at least 4 members (excludes halogenated alkanes) is 1. The highest BCUT2D eigenvalue weighted by Crippen LogP contribution is 2.05. The molecule has 15 heavy (non-hydrogen) atoms. The van der Waals surface area contributed by atoms with E-state index in [0.717, 1.165) is 13.0 Å². The van der Waals surface area contributed by atoms with E-state index in [1.165, 1.54) is 25.1 Å². The molecule has 0 saturated heterocycles. The van der Waals surface area contributed by atoms with Gasteiger partial charge in [-0.25, -0.2) is 4.98 Å². The number of hydrogen-bond donors (Lipinski definition) is 1. The van der Waals surface area contributed by atoms with Crippen molar-refractivity contribution in [3.63, 3.8) is 0 Å². The van der Waals surface area contributed by atoms with Crippen LogP contribution < -0.4 is 5.32 Å². The fraction of sp³-hybridized carbons (Fsp3) is 0.750. The van der Waals surface area contributed by atoms with Gasteiger partial charge in [-0.2, -0.15) is 0 Å². The van der Waals surface area contributed by atoms with Crippen molar-refractivity contribution in [2.45, 2.75) is 52.1 Å². The highest BCUT2D eigenvalue weighted by atomic mass is 15.1. The minimum atomic E-state index is 0.637. The summed E-state index contributed by atoms with van der Waals surface area (Å²) in [5.41, 5.74) is 0. The van der Waals surface area contributed by atoms with Crippen LogP contribution in [0.5, 0.6) is 0 Å². The Kier molecular flexibility index (Phi) is 5.40. The van der Waals surface area contributed by atoms with Gasteiger partial charge in [-0.15, -0.1) is 0 Å². The lowest BCUT2D eigenvalue weighted by atomic mass is 10.1. The Bertz CT molecular complexity index is 268. The Labute approximate surface area is 92.9 Å². The van der Waals surface area contributed by atoms with E-state index in [9.17, 15) is 0 Å². The summed E-state index contributed by atoms with van der Waals surface area (Å²) in [6, 6.07) is 0.637. The molecule has 0 amide bonds. The van der Waals surface area contributed by atoms with E-state index in [-0.39, 0.29) is 0 Å². The van der Waals surface area contributed by atoms with Crippen molar-refractivity contribution >= 4 is 0 Å². The minimum Gasteiger partial charge on any atom is -0.335 e. The normalized spacial score (nSPS) is 13.0. The third kappa shape index (κ3) is 4.04. The Morgan fingerprint density at radius 2 is 2.27 bits per heavy atom. The van der Waals surface area contributed by atoms with Crippen LogP contribution in [0.4, 0.5) is 0 Å². The van der Waals surface area contributed by atoms with Gasteiger partial charge in [0.1, 0.15) is 5.82 Å². The number of nitrogens with one attached hydrogen (secondary N) is 1. The SMILES string of the molecule is CCc1nccn1CCCCC(C)NC. The van der Waals surface area contributed by atoms with E-state index >= 15 is 0 Å². The van der Waals surface area contributed by atoms with Crippen LogP contribution in [0.1, 0.15) is 38.9 Å². The highest BCUT2D eigenvalue weighted by molar-refractivity contribution is 4.91. The molecule has 1 heterocycles. The summed E-state index contributed by atoms with van der Waals surface area (Å²) in [5, 5.41) is 3.26. The highest BCUT2D eigenvalue weighted by Gasteiger charge is 2.01. The van der Waals surface area contributed by atoms with Crippen molar-refractivity contribution in [3.8, 4) is 0 Å². The number of imidazole rings is 1. The zero-order valence-corrected chi connectivity index (χ0v) is 10.2. The molecular formula is C12H23N3. The monoisotopic (exact) mass is 209 g/mol. The van der Waals surface area contributed by atoms with Gasteiger partial charge in [-0.05, 0) is 26.8 Å². The summed E-state index contributed by atoms with van der Waals surface area (Å²) in [7, 11) is 2.02. The van der Waals surface area contributed by atoms with Gasteiger partial charge in [0.2, 0.25) is 0 Å². The second-order valence-corrected chi connectivity index (χ2v) is 4.08. The molecule has 0 radical (unpaired) electrons. The van der Waals surface area contributed by atoms with Crippen molar-refractivity contribution in [2.75, 3.05) is 7.05 Å². The zero-order valence-electron chi connectivity index (χ0n) is 10.2. The van der Waals surface area contributed by atoms with Gasteiger partial charge in [0.25, 0.3) is 0 Å². The summed E-state index contributed by atoms with van der Waals surface area (Å²) in [4.78, 5) is 4.32. The molecule has 0 aliphatic carbocycles. The number of aryl methyl sites for hydroxylation is 2. The third-order valence-corrected chi connectivity index (χ3v) is 2.90. The first-order chi connectivity index (χ1) is 7.27. The standard InChI is InChI=1S/C12H23N3/c1-4-12-14-8-10-15(12)9-6-5-7-11(2)13-3/h8,10-11,13H,4-7,9H2,1-3H3. The van der Waals surface area contributed by atoms with E-state index < -0.39 is 0 Å². The molecule has 0 aliphatic rings. The van der Waals surface area contributed by atoms with Gasteiger partial charge < -0.3 is 9.88 Å². The Hall–Kier alpha value is -0.830. The van der Waals surface area contributed by atoms with Crippen LogP contribution in [-0.4, -0.2) is 22.6 Å². The quantitative estimate of drug-likeness (QED) is 0.698. The van der Waals surface area contributed by atoms with Crippen molar-refractivity contribution in [2.24, 2.45) is 0 Å². The Morgan fingerprint density at radius 3 is 2.93 bits per heavy atom. The summed E-state index contributed by atoms with van der Waals surface area (Å²) in [5.74, 6) is 1.21. The van der Waals surface area contributed by atoms with Crippen molar-refractivity contribution < 1.29 is 0 Å². The van der Waals surface area contributed by atoms with Crippen molar-refractivity contribution in [1.29, 1.82) is 0 Å². The molecule has 0 bridgehead atoms. The lowest BCUT2D eigenvalue weighted by Crippen LogP contribution is -2.20. The Morgan fingerprint density at radius 1 is 1.47 bits per heavy atom. The van der Waals surface area contributed by atoms with Crippen LogP contribution in [-0.2, 0) is 13.0 Å². The molecule has 3 nitrogen and oxygen atoms in total. The van der Waals surface area contributed by atoms with Crippen molar-refractivity contribution in [1.82, 2.24) is 14.9 Å². The van der Waals surface area contributed by atoms with E-state index in [1.807, 2.05) is 13.2 Å². The molecule has 0 aliphatic heterocycles. The largest absolute Gasteiger partial charge is 0.335 e. The molecule has 1 rings (SSSR count). The molecular weight excluding hydrogens is 186 g/mol. The van der Waals surface area contributed by atoms with Gasteiger partial charge in [-0.3, -0.25) is 0 Å². The van der Waals surface area contributed by atoms with E-state index in [1.54, 1.807) is 0 Å². The van der Waals surface area contributed by atoms with Gasteiger partial charge in [0.15, 0.2) is 0 Å². The van der Waals surface area contributed by atoms with E-state index in [2.05, 4.69) is 34.9 Å². The molecule has 0 aromatic carbocycles. The maximum atomic E-state index is 4.32. The fourth-order valence-corrected chi connectivity index (χ4v) is 1.74. The number of aromatic nitrogens is 2. The average Bonchev–Trinajstić information content (AvgIpc) is 2.71. The first-order valence-corrected chi connectivity index (χ1v) is 5.95. The third-order valence-electron chi connectivity index (χ3n) is 2.90. The molecule has 3 heteroatoms. The maximum absolute atomic E-state index is 4.32. The van der Waals surface area contributed by atoms with Gasteiger partial charge in [-0.1, -0.05) is 13.3 Å². The Balaban J connectivity index is 2.20. The average molecular weight is 209 g/mol. The van der Waals surface area contributed by atoms with Gasteiger partial charge in [0.05, 0.1) is 0 Å². The zero-order chi connectivity index (χ0) is 11.1. The van der Waals surface area contributed by atoms with Crippen LogP contribution in [0.25, 0.3) is 0 Å². The van der Waals surface area contributed by atoms with Crippen LogP contribution >= 0.6 is 0 Å². The van der Waals surface area contributed by atoms with Crippen LogP contribution in [0.3, 0.4) is 0 Å². The smallest absolute Gasteiger partial charge is 0.108 e. The second kappa shape index (κ2) is 6.62. The maximum Gasteiger partial charge on any atom is 0.108 e. The van der Waals surface area contributed by atoms with E-state index in [0.29, 0.717) is 6.04 Å². The number of rotatable bonds is 7. The minimum absolute atomic E-state index is 0.637. The molecule has 1 unspecified atom stereocenters. The lowest BCUT2D eigenvalue weighted by Gasteiger charge is -2.10. The molecule has 86 valence electrons. The lowest BCUT2D eigenvalue weighted by molar-refractivity contribution is 0.500. The predicted octanol–water partition coefficient (Wildman–Crippen LogP) is 2.22. The topological polar surface area (TPSA) is 29.9 Å². The van der Waals surface area contributed by atoms with Crippen LogP contribution in [0.15, 0.2) is 12.4 Å². The van der Waals surface area contributed by atoms with Gasteiger partial charge in [0, 0.05) is 31.4 Å². The van der Waals surface area contributed by atoms with E-state index in [4.69, 9.17) is 0 Å². The first kappa shape index (κ1) is 12.2.